The summed E-state index contributed by atoms with van der Waals surface area (Å²) in [5, 5.41) is 51.7. The van der Waals surface area contributed by atoms with Gasteiger partial charge in [0, 0.05) is 31.9 Å². The molecule has 296 valence electrons. The van der Waals surface area contributed by atoms with Gasteiger partial charge in [0.15, 0.2) is 5.52 Å². The maximum atomic E-state index is 14.0. The number of carbonyl (C=O) groups is 5. The minimum atomic E-state index is -1.49. The number of aldehydes is 1. The topological polar surface area (TPSA) is 268 Å². The van der Waals surface area contributed by atoms with Crippen LogP contribution in [0.1, 0.15) is 23.1 Å². The fraction of sp³-hybridized carbons (Fsp3) is 0.256. The molecule has 0 aliphatic carbocycles. The number of amides is 4. The van der Waals surface area contributed by atoms with Crippen LogP contribution in [0.3, 0.4) is 0 Å². The minimum absolute atomic E-state index is 0.0213. The Morgan fingerprint density at radius 2 is 1.25 bits per heavy atom. The van der Waals surface area contributed by atoms with Crippen molar-refractivity contribution < 1.29 is 43.7 Å². The average molecular weight is 781 g/mol. The number of phenols is 1. The molecule has 4 atom stereocenters. The standard InChI is InChI=1S/C39H40N8O10/c48-22-27(19-26-11-13-28(50)14-12-26)41-39(54)32(23-49)44-38(53)31(21-25-9-5-2-6-10-25)43-37(52)30(20-24-7-3-1-4-8-24)42-34(51)17-18-40-29-15-16-33(47(55)56)36-35(29)45-57-46-36/h1-16,22,27,30-32,40,49-50H,17-21,23H2,(H,41,54)(H,42,51)(H,43,52)(H,44,53)/t27-,30-,31-,32-/m1/s1. The molecule has 5 aromatic rings. The van der Waals surface area contributed by atoms with Gasteiger partial charge < -0.3 is 41.6 Å². The van der Waals surface area contributed by atoms with Crippen LogP contribution in [-0.4, -0.2) is 92.7 Å². The van der Waals surface area contributed by atoms with E-state index in [1.54, 1.807) is 72.8 Å². The number of nitrogens with one attached hydrogen (secondary N) is 5. The fourth-order valence-electron chi connectivity index (χ4n) is 5.88. The molecule has 7 N–H and O–H groups in total. The molecule has 0 fully saturated rings. The Morgan fingerprint density at radius 3 is 1.82 bits per heavy atom. The summed E-state index contributed by atoms with van der Waals surface area (Å²) in [5.41, 5.74) is 2.09. The Bertz CT molecular complexity index is 2170. The first-order valence-corrected chi connectivity index (χ1v) is 17.8. The first-order chi connectivity index (χ1) is 27.5. The number of fused-ring (bicyclic) bond motifs is 1. The highest BCUT2D eigenvalue weighted by molar-refractivity contribution is 5.95. The van der Waals surface area contributed by atoms with Gasteiger partial charge in [-0.25, -0.2) is 4.63 Å². The molecule has 1 heterocycles. The van der Waals surface area contributed by atoms with Crippen LogP contribution in [-0.2, 0) is 43.2 Å². The second-order valence-corrected chi connectivity index (χ2v) is 13.0. The molecule has 0 aliphatic rings. The normalized spacial score (nSPS) is 13.0. The third kappa shape index (κ3) is 11.6. The van der Waals surface area contributed by atoms with Gasteiger partial charge in [-0.15, -0.1) is 0 Å². The molecule has 18 heteroatoms. The Kier molecular flexibility index (Phi) is 14.3. The van der Waals surface area contributed by atoms with Gasteiger partial charge >= 0.3 is 5.69 Å². The number of nitro benzene ring substituents is 1. The lowest BCUT2D eigenvalue weighted by atomic mass is 10.0. The number of rotatable bonds is 20. The number of nitrogens with zero attached hydrogens (tertiary/aromatic N) is 3. The van der Waals surface area contributed by atoms with Gasteiger partial charge in [-0.05, 0) is 51.6 Å². The number of aliphatic hydroxyl groups is 1. The van der Waals surface area contributed by atoms with Crippen molar-refractivity contribution in [2.45, 2.75) is 49.9 Å². The molecule has 0 radical (unpaired) electrons. The van der Waals surface area contributed by atoms with Crippen molar-refractivity contribution in [2.75, 3.05) is 18.5 Å². The van der Waals surface area contributed by atoms with E-state index in [0.717, 1.165) is 0 Å². The number of hydrogen-bond donors (Lipinski definition) is 7. The number of aromatic nitrogens is 2. The lowest BCUT2D eigenvalue weighted by Crippen LogP contribution is -2.59. The van der Waals surface area contributed by atoms with E-state index in [-0.39, 0.29) is 54.7 Å². The number of phenolic OH excluding ortho intramolecular Hbond substituents is 1. The van der Waals surface area contributed by atoms with E-state index in [2.05, 4.69) is 41.5 Å². The number of hydrogen-bond acceptors (Lipinski definition) is 13. The molecule has 0 saturated heterocycles. The highest BCUT2D eigenvalue weighted by Crippen LogP contribution is 2.28. The molecule has 18 nitrogen and oxygen atoms in total. The number of non-ortho nitro benzene ring substituents is 1. The zero-order chi connectivity index (χ0) is 40.7. The van der Waals surface area contributed by atoms with Crippen molar-refractivity contribution in [3.05, 3.63) is 124 Å². The Hall–Kier alpha value is -7.21. The molecule has 0 bridgehead atoms. The van der Waals surface area contributed by atoms with Crippen molar-refractivity contribution in [1.82, 2.24) is 31.6 Å². The average Bonchev–Trinajstić information content (AvgIpc) is 3.71. The monoisotopic (exact) mass is 780 g/mol. The second kappa shape index (κ2) is 19.9. The highest BCUT2D eigenvalue weighted by atomic mass is 16.6. The van der Waals surface area contributed by atoms with E-state index < -0.39 is 59.3 Å². The predicted molar refractivity (Wildman–Crippen MR) is 205 cm³/mol. The van der Waals surface area contributed by atoms with E-state index >= 15 is 0 Å². The summed E-state index contributed by atoms with van der Waals surface area (Å²) < 4.78 is 4.68. The summed E-state index contributed by atoms with van der Waals surface area (Å²) >= 11 is 0. The number of benzene rings is 4. The number of aromatic hydroxyl groups is 1. The van der Waals surface area contributed by atoms with Crippen LogP contribution in [0.15, 0.2) is 102 Å². The largest absolute Gasteiger partial charge is 0.508 e. The van der Waals surface area contributed by atoms with E-state index in [1.165, 1.54) is 24.3 Å². The Morgan fingerprint density at radius 1 is 0.702 bits per heavy atom. The summed E-state index contributed by atoms with van der Waals surface area (Å²) in [4.78, 5) is 76.7. The van der Waals surface area contributed by atoms with Crippen molar-refractivity contribution in [2.24, 2.45) is 0 Å². The van der Waals surface area contributed by atoms with Crippen LogP contribution in [0.25, 0.3) is 11.0 Å². The number of nitro groups is 1. The van der Waals surface area contributed by atoms with Crippen LogP contribution in [0.5, 0.6) is 5.75 Å². The highest BCUT2D eigenvalue weighted by Gasteiger charge is 2.31. The first kappa shape index (κ1) is 41.0. The van der Waals surface area contributed by atoms with Gasteiger partial charge in [-0.2, -0.15) is 0 Å². The summed E-state index contributed by atoms with van der Waals surface area (Å²) in [5.74, 6) is -2.87. The number of anilines is 1. The Labute approximate surface area is 325 Å². The second-order valence-electron chi connectivity index (χ2n) is 13.0. The fourth-order valence-corrected chi connectivity index (χ4v) is 5.88. The summed E-state index contributed by atoms with van der Waals surface area (Å²) in [6, 6.07) is 21.3. The molecule has 0 unspecified atom stereocenters. The number of aliphatic hydroxyl groups excluding tert-OH is 1. The minimum Gasteiger partial charge on any atom is -0.508 e. The lowest BCUT2D eigenvalue weighted by Gasteiger charge is -2.25. The summed E-state index contributed by atoms with van der Waals surface area (Å²) in [7, 11) is 0. The van der Waals surface area contributed by atoms with E-state index in [0.29, 0.717) is 28.7 Å². The van der Waals surface area contributed by atoms with Gasteiger partial charge in [0.05, 0.1) is 23.3 Å². The van der Waals surface area contributed by atoms with Crippen LogP contribution in [0.2, 0.25) is 0 Å². The van der Waals surface area contributed by atoms with E-state index in [4.69, 9.17) is 0 Å². The van der Waals surface area contributed by atoms with Gasteiger partial charge in [0.1, 0.15) is 30.2 Å². The van der Waals surface area contributed by atoms with Crippen LogP contribution >= 0.6 is 0 Å². The van der Waals surface area contributed by atoms with Crippen LogP contribution in [0, 0.1) is 10.1 Å². The molecule has 0 spiro atoms. The zero-order valence-electron chi connectivity index (χ0n) is 30.4. The smallest absolute Gasteiger partial charge is 0.300 e. The molecule has 0 aliphatic heterocycles. The molecule has 5 rings (SSSR count). The van der Waals surface area contributed by atoms with Crippen LogP contribution in [0.4, 0.5) is 11.4 Å². The van der Waals surface area contributed by atoms with Crippen molar-refractivity contribution >= 4 is 52.3 Å². The van der Waals surface area contributed by atoms with Gasteiger partial charge in [0.2, 0.25) is 29.1 Å². The SMILES string of the molecule is O=C[C@@H](Cc1ccc(O)cc1)NC(=O)[C@@H](CO)NC(=O)[C@@H](Cc1ccccc1)NC(=O)[C@@H](Cc1ccccc1)NC(=O)CCNc1ccc([N+](=O)[O-])c2nonc12. The molecule has 4 amide bonds. The summed E-state index contributed by atoms with van der Waals surface area (Å²) in [6.07, 6.45) is 0.484. The molecule has 4 aromatic carbocycles. The summed E-state index contributed by atoms with van der Waals surface area (Å²) in [6.45, 7) is -0.789. The molecule has 1 aromatic heterocycles. The van der Waals surface area contributed by atoms with Crippen molar-refractivity contribution in [1.29, 1.82) is 0 Å². The molecular weight excluding hydrogens is 740 g/mol. The van der Waals surface area contributed by atoms with E-state index in [1.807, 2.05) is 0 Å². The molecule has 57 heavy (non-hydrogen) atoms. The third-order valence-corrected chi connectivity index (χ3v) is 8.81. The molecular formula is C39H40N8O10. The maximum absolute atomic E-state index is 14.0. The van der Waals surface area contributed by atoms with Gasteiger partial charge in [-0.1, -0.05) is 72.8 Å². The number of carbonyl (C=O) groups excluding carboxylic acids is 5. The van der Waals surface area contributed by atoms with Gasteiger partial charge in [-0.3, -0.25) is 29.3 Å². The zero-order valence-corrected chi connectivity index (χ0v) is 30.4. The van der Waals surface area contributed by atoms with Crippen molar-refractivity contribution in [3.8, 4) is 5.75 Å². The van der Waals surface area contributed by atoms with E-state index in [9.17, 15) is 44.3 Å². The third-order valence-electron chi connectivity index (χ3n) is 8.81. The van der Waals surface area contributed by atoms with Gasteiger partial charge in [0.25, 0.3) is 0 Å². The maximum Gasteiger partial charge on any atom is 0.300 e. The van der Waals surface area contributed by atoms with Crippen LogP contribution < -0.4 is 26.6 Å². The quantitative estimate of drug-likeness (QED) is 0.0336. The first-order valence-electron chi connectivity index (χ1n) is 17.8. The molecule has 0 saturated carbocycles. The lowest BCUT2D eigenvalue weighted by molar-refractivity contribution is -0.383. The predicted octanol–water partition coefficient (Wildman–Crippen LogP) is 1.50. The van der Waals surface area contributed by atoms with Crippen molar-refractivity contribution in [3.63, 3.8) is 0 Å². The Balaban J connectivity index is 1.27.